The fourth-order valence-corrected chi connectivity index (χ4v) is 5.89. The van der Waals surface area contributed by atoms with E-state index in [0.717, 1.165) is 18.3 Å². The number of carbonyl (C=O) groups excluding carboxylic acids is 1. The second-order valence-electron chi connectivity index (χ2n) is 9.84. The first-order chi connectivity index (χ1) is 12.9. The molecule has 5 heteroatoms. The number of amides is 1. The largest absolute Gasteiger partial charge is 0.477 e. The maximum Gasteiger partial charge on any atom is 0.258 e. The lowest BCUT2D eigenvalue weighted by Gasteiger charge is -2.62. The standard InChI is InChI=1S/C22H35N3O2/c1-14-18-10-16(22(18,2)3)11-19(14)24-20(26)17-12-23-25(4)21(17)27-13-15-8-6-5-7-9-15/h12,14-16,18-19H,5-11,13H2,1-4H3,(H,24,26)/t14-,16+,18-,19-/m1/s1. The molecule has 0 spiro atoms. The van der Waals surface area contributed by atoms with Gasteiger partial charge in [0.2, 0.25) is 5.88 Å². The molecular weight excluding hydrogens is 338 g/mol. The summed E-state index contributed by atoms with van der Waals surface area (Å²) in [6.07, 6.45) is 10.5. The number of ether oxygens (including phenoxy) is 1. The summed E-state index contributed by atoms with van der Waals surface area (Å²) in [4.78, 5) is 13.0. The van der Waals surface area contributed by atoms with Crippen molar-refractivity contribution in [2.24, 2.45) is 36.1 Å². The lowest BCUT2D eigenvalue weighted by Crippen LogP contribution is -2.60. The van der Waals surface area contributed by atoms with E-state index in [1.807, 2.05) is 7.05 Å². The van der Waals surface area contributed by atoms with Crippen LogP contribution in [0.1, 0.15) is 76.1 Å². The molecule has 4 atom stereocenters. The highest BCUT2D eigenvalue weighted by Gasteiger charge is 2.56. The summed E-state index contributed by atoms with van der Waals surface area (Å²) >= 11 is 0. The van der Waals surface area contributed by atoms with Crippen LogP contribution in [0.4, 0.5) is 0 Å². The molecule has 27 heavy (non-hydrogen) atoms. The average molecular weight is 374 g/mol. The van der Waals surface area contributed by atoms with E-state index in [1.165, 1.54) is 38.5 Å². The van der Waals surface area contributed by atoms with Crippen molar-refractivity contribution in [3.63, 3.8) is 0 Å². The smallest absolute Gasteiger partial charge is 0.258 e. The highest BCUT2D eigenvalue weighted by Crippen LogP contribution is 2.61. The quantitative estimate of drug-likeness (QED) is 0.842. The Morgan fingerprint density at radius 1 is 1.30 bits per heavy atom. The molecule has 1 N–H and O–H groups in total. The topological polar surface area (TPSA) is 56.2 Å². The van der Waals surface area contributed by atoms with Gasteiger partial charge in [0.05, 0.1) is 12.8 Å². The van der Waals surface area contributed by atoms with E-state index in [0.29, 0.717) is 35.3 Å². The van der Waals surface area contributed by atoms with E-state index in [9.17, 15) is 4.79 Å². The number of fused-ring (bicyclic) bond motifs is 2. The molecule has 5 rings (SSSR count). The molecule has 0 unspecified atom stereocenters. The van der Waals surface area contributed by atoms with Crippen LogP contribution in [0, 0.1) is 29.1 Å². The van der Waals surface area contributed by atoms with Gasteiger partial charge in [-0.25, -0.2) is 4.68 Å². The number of carbonyl (C=O) groups is 1. The number of aryl methyl sites for hydroxylation is 1. The number of aromatic nitrogens is 2. The number of rotatable bonds is 5. The summed E-state index contributed by atoms with van der Waals surface area (Å²) in [7, 11) is 1.86. The van der Waals surface area contributed by atoms with Crippen LogP contribution in [0.3, 0.4) is 0 Å². The van der Waals surface area contributed by atoms with Crippen LogP contribution >= 0.6 is 0 Å². The van der Waals surface area contributed by atoms with Crippen LogP contribution in [-0.4, -0.2) is 28.3 Å². The maximum atomic E-state index is 13.0. The molecule has 4 fully saturated rings. The van der Waals surface area contributed by atoms with Gasteiger partial charge in [0.1, 0.15) is 5.56 Å². The molecule has 1 amide bonds. The minimum Gasteiger partial charge on any atom is -0.477 e. The Morgan fingerprint density at radius 2 is 2.04 bits per heavy atom. The Labute approximate surface area is 163 Å². The molecule has 4 aliphatic rings. The molecule has 2 bridgehead atoms. The van der Waals surface area contributed by atoms with Crippen LogP contribution in [-0.2, 0) is 7.05 Å². The highest BCUT2D eigenvalue weighted by molar-refractivity contribution is 5.96. The normalized spacial score (nSPS) is 32.6. The van der Waals surface area contributed by atoms with Crippen molar-refractivity contribution in [1.82, 2.24) is 15.1 Å². The first-order valence-electron chi connectivity index (χ1n) is 10.8. The number of nitrogens with one attached hydrogen (secondary N) is 1. The molecule has 0 radical (unpaired) electrons. The summed E-state index contributed by atoms with van der Waals surface area (Å²) in [6.45, 7) is 7.77. The molecule has 0 aliphatic heterocycles. The van der Waals surface area contributed by atoms with Gasteiger partial charge in [-0.3, -0.25) is 4.79 Å². The second-order valence-corrected chi connectivity index (χ2v) is 9.84. The number of hydrogen-bond donors (Lipinski definition) is 1. The predicted octanol–water partition coefficient (Wildman–Crippen LogP) is 4.18. The first-order valence-corrected chi connectivity index (χ1v) is 10.8. The van der Waals surface area contributed by atoms with Crippen LogP contribution in [0.15, 0.2) is 6.20 Å². The van der Waals surface area contributed by atoms with E-state index >= 15 is 0 Å². The minimum absolute atomic E-state index is 0.0299. The fourth-order valence-electron chi connectivity index (χ4n) is 5.89. The van der Waals surface area contributed by atoms with Gasteiger partial charge in [0.25, 0.3) is 5.91 Å². The Hall–Kier alpha value is -1.52. The summed E-state index contributed by atoms with van der Waals surface area (Å²) in [5.74, 6) is 3.18. The van der Waals surface area contributed by atoms with Crippen molar-refractivity contribution in [1.29, 1.82) is 0 Å². The molecule has 1 aromatic rings. The number of hydrogen-bond acceptors (Lipinski definition) is 3. The zero-order valence-corrected chi connectivity index (χ0v) is 17.3. The maximum absolute atomic E-state index is 13.0. The summed E-state index contributed by atoms with van der Waals surface area (Å²) in [5.41, 5.74) is 1.02. The monoisotopic (exact) mass is 373 g/mol. The zero-order valence-electron chi connectivity index (χ0n) is 17.3. The third-order valence-electron chi connectivity index (χ3n) is 7.98. The molecule has 4 aliphatic carbocycles. The van der Waals surface area contributed by atoms with Gasteiger partial charge in [-0.2, -0.15) is 5.10 Å². The van der Waals surface area contributed by atoms with Crippen molar-refractivity contribution >= 4 is 5.91 Å². The highest BCUT2D eigenvalue weighted by atomic mass is 16.5. The van der Waals surface area contributed by atoms with Gasteiger partial charge in [0, 0.05) is 13.1 Å². The summed E-state index contributed by atoms with van der Waals surface area (Å²) < 4.78 is 7.78. The van der Waals surface area contributed by atoms with Gasteiger partial charge in [-0.05, 0) is 54.8 Å². The first kappa shape index (κ1) is 18.8. The molecule has 0 saturated heterocycles. The van der Waals surface area contributed by atoms with Crippen molar-refractivity contribution in [2.75, 3.05) is 6.61 Å². The SMILES string of the molecule is C[C@@H]1[C@H]2C[C@@H](C[C@H]1NC(=O)c1cnn(C)c1OCC1CCCCC1)C2(C)C. The lowest BCUT2D eigenvalue weighted by molar-refractivity contribution is -0.113. The molecule has 0 aromatic carbocycles. The van der Waals surface area contributed by atoms with Crippen LogP contribution in [0.2, 0.25) is 0 Å². The Kier molecular flexibility index (Phi) is 4.98. The molecular formula is C22H35N3O2. The zero-order chi connectivity index (χ0) is 19.2. The van der Waals surface area contributed by atoms with Crippen LogP contribution in [0.25, 0.3) is 0 Å². The van der Waals surface area contributed by atoms with Gasteiger partial charge in [-0.1, -0.05) is 40.0 Å². The van der Waals surface area contributed by atoms with Gasteiger partial charge >= 0.3 is 0 Å². The van der Waals surface area contributed by atoms with Crippen molar-refractivity contribution in [3.8, 4) is 5.88 Å². The Bertz CT molecular complexity index is 690. The van der Waals surface area contributed by atoms with Gasteiger partial charge < -0.3 is 10.1 Å². The third kappa shape index (κ3) is 3.38. The molecule has 4 saturated carbocycles. The van der Waals surface area contributed by atoms with E-state index in [-0.39, 0.29) is 11.9 Å². The van der Waals surface area contributed by atoms with E-state index in [1.54, 1.807) is 10.9 Å². The van der Waals surface area contributed by atoms with Crippen molar-refractivity contribution in [2.45, 2.75) is 71.8 Å². The fraction of sp³-hybridized carbons (Fsp3) is 0.818. The van der Waals surface area contributed by atoms with Crippen molar-refractivity contribution < 1.29 is 9.53 Å². The summed E-state index contributed by atoms with van der Waals surface area (Å²) in [6, 6.07) is 0.265. The Morgan fingerprint density at radius 3 is 2.70 bits per heavy atom. The van der Waals surface area contributed by atoms with E-state index < -0.39 is 0 Å². The number of nitrogens with zero attached hydrogens (tertiary/aromatic N) is 2. The molecule has 1 aromatic heterocycles. The van der Waals surface area contributed by atoms with E-state index in [4.69, 9.17) is 4.74 Å². The van der Waals surface area contributed by atoms with Gasteiger partial charge in [-0.15, -0.1) is 0 Å². The predicted molar refractivity (Wildman–Crippen MR) is 106 cm³/mol. The Balaban J connectivity index is 1.39. The molecule has 1 heterocycles. The average Bonchev–Trinajstić information content (AvgIpc) is 3.02. The van der Waals surface area contributed by atoms with Crippen molar-refractivity contribution in [3.05, 3.63) is 11.8 Å². The van der Waals surface area contributed by atoms with Crippen LogP contribution in [0.5, 0.6) is 5.88 Å². The second kappa shape index (κ2) is 7.14. The minimum atomic E-state index is -0.0299. The van der Waals surface area contributed by atoms with Gasteiger partial charge in [0.15, 0.2) is 0 Å². The summed E-state index contributed by atoms with van der Waals surface area (Å²) in [5, 5.41) is 7.59. The van der Waals surface area contributed by atoms with Crippen LogP contribution < -0.4 is 10.1 Å². The molecule has 5 nitrogen and oxygen atoms in total. The molecule has 150 valence electrons. The lowest BCUT2D eigenvalue weighted by atomic mass is 9.45. The third-order valence-corrected chi connectivity index (χ3v) is 7.98. The van der Waals surface area contributed by atoms with E-state index in [2.05, 4.69) is 31.2 Å².